The number of rotatable bonds is 5. The second kappa shape index (κ2) is 8.05. The molecule has 0 unspecified atom stereocenters. The monoisotopic (exact) mass is 395 g/mol. The van der Waals surface area contributed by atoms with Crippen molar-refractivity contribution in [1.29, 1.82) is 0 Å². The van der Waals surface area contributed by atoms with E-state index in [0.29, 0.717) is 19.0 Å². The molecule has 2 aromatic rings. The Bertz CT molecular complexity index is 900. The number of carbonyl (C=O) groups excluding carboxylic acids is 2. The third-order valence-electron chi connectivity index (χ3n) is 5.80. The summed E-state index contributed by atoms with van der Waals surface area (Å²) in [5, 5.41) is 1.03. The fourth-order valence-corrected chi connectivity index (χ4v) is 4.44. The molecule has 5 nitrogen and oxygen atoms in total. The second-order valence-corrected chi connectivity index (χ2v) is 8.95. The maximum atomic E-state index is 13.4. The number of ketones is 1. The van der Waals surface area contributed by atoms with Crippen molar-refractivity contribution >= 4 is 22.7 Å². The van der Waals surface area contributed by atoms with Gasteiger partial charge >= 0.3 is 0 Å². The van der Waals surface area contributed by atoms with E-state index in [-0.39, 0.29) is 23.9 Å². The van der Waals surface area contributed by atoms with Crippen LogP contribution in [-0.2, 0) is 20.9 Å². The molecule has 0 N–H and O–H groups in total. The van der Waals surface area contributed by atoms with E-state index < -0.39 is 5.60 Å². The average Bonchev–Trinajstić information content (AvgIpc) is 3.08. The van der Waals surface area contributed by atoms with Crippen molar-refractivity contribution in [3.63, 3.8) is 0 Å². The van der Waals surface area contributed by atoms with Gasteiger partial charge in [0.05, 0.1) is 6.54 Å². The summed E-state index contributed by atoms with van der Waals surface area (Å²) in [6, 6.07) is 9.83. The Morgan fingerprint density at radius 2 is 1.93 bits per heavy atom. The number of nitrogens with zero attached hydrogens (tertiary/aromatic N) is 1. The van der Waals surface area contributed by atoms with E-state index >= 15 is 0 Å². The zero-order valence-corrected chi connectivity index (χ0v) is 17.3. The fourth-order valence-electron chi connectivity index (χ4n) is 4.44. The van der Waals surface area contributed by atoms with Crippen LogP contribution in [0.15, 0.2) is 46.6 Å². The molecule has 1 aliphatic heterocycles. The number of fused-ring (bicyclic) bond motifs is 1. The number of amides is 1. The Labute approximate surface area is 171 Å². The van der Waals surface area contributed by atoms with E-state index in [2.05, 4.69) is 0 Å². The molecule has 5 heteroatoms. The van der Waals surface area contributed by atoms with Gasteiger partial charge in [0.15, 0.2) is 11.5 Å². The average molecular weight is 395 g/mol. The quantitative estimate of drug-likeness (QED) is 0.715. The van der Waals surface area contributed by atoms with Gasteiger partial charge in [-0.2, -0.15) is 0 Å². The lowest BCUT2D eigenvalue weighted by Gasteiger charge is -2.34. The molecule has 0 radical (unpaired) electrons. The maximum Gasteiger partial charge on any atom is 0.289 e. The second-order valence-electron chi connectivity index (χ2n) is 8.95. The van der Waals surface area contributed by atoms with E-state index in [9.17, 15) is 9.59 Å². The number of ether oxygens (including phenoxy) is 1. The zero-order chi connectivity index (χ0) is 20.4. The molecule has 2 aliphatic rings. The van der Waals surface area contributed by atoms with Crippen molar-refractivity contribution < 1.29 is 18.7 Å². The van der Waals surface area contributed by atoms with Crippen LogP contribution >= 0.6 is 0 Å². The molecule has 0 saturated heterocycles. The molecule has 1 amide bonds. The van der Waals surface area contributed by atoms with Gasteiger partial charge in [-0.05, 0) is 44.7 Å². The number of hydrogen-bond acceptors (Lipinski definition) is 4. The van der Waals surface area contributed by atoms with Crippen molar-refractivity contribution in [3.05, 3.63) is 47.9 Å². The van der Waals surface area contributed by atoms with Gasteiger partial charge in [-0.1, -0.05) is 37.5 Å². The Kier molecular flexibility index (Phi) is 5.48. The van der Waals surface area contributed by atoms with Crippen LogP contribution in [0.25, 0.3) is 11.0 Å². The van der Waals surface area contributed by atoms with Crippen LogP contribution < -0.4 is 0 Å². The van der Waals surface area contributed by atoms with Gasteiger partial charge in [-0.3, -0.25) is 9.59 Å². The lowest BCUT2D eigenvalue weighted by Crippen LogP contribution is -2.41. The SMILES string of the molecule is CC1(C)CC(=O)C=C(C(=O)N(Cc2cc3ccccc3o2)CC2CCCCC2)O1. The molecule has 1 saturated carbocycles. The summed E-state index contributed by atoms with van der Waals surface area (Å²) >= 11 is 0. The number of allylic oxidation sites excluding steroid dienone is 1. The predicted octanol–water partition coefficient (Wildman–Crippen LogP) is 4.99. The first kappa shape index (κ1) is 19.7. The first-order valence-electron chi connectivity index (χ1n) is 10.6. The summed E-state index contributed by atoms with van der Waals surface area (Å²) in [5.41, 5.74) is 0.157. The van der Waals surface area contributed by atoms with E-state index in [0.717, 1.165) is 29.6 Å². The molecular formula is C24H29NO4. The highest BCUT2D eigenvalue weighted by molar-refractivity contribution is 6.01. The first-order chi connectivity index (χ1) is 13.9. The van der Waals surface area contributed by atoms with Crippen molar-refractivity contribution in [2.45, 2.75) is 64.5 Å². The predicted molar refractivity (Wildman–Crippen MR) is 111 cm³/mol. The number of furan rings is 1. The summed E-state index contributed by atoms with van der Waals surface area (Å²) in [4.78, 5) is 27.3. The van der Waals surface area contributed by atoms with E-state index in [1.807, 2.05) is 44.2 Å². The summed E-state index contributed by atoms with van der Waals surface area (Å²) in [7, 11) is 0. The largest absolute Gasteiger partial charge is 0.481 e. The lowest BCUT2D eigenvalue weighted by molar-refractivity contribution is -0.139. The highest BCUT2D eigenvalue weighted by atomic mass is 16.5. The highest BCUT2D eigenvalue weighted by Crippen LogP contribution is 2.29. The normalized spacial score (nSPS) is 19.7. The Morgan fingerprint density at radius 3 is 2.66 bits per heavy atom. The molecule has 2 heterocycles. The van der Waals surface area contributed by atoms with Gasteiger partial charge in [-0.25, -0.2) is 0 Å². The molecule has 1 aromatic carbocycles. The van der Waals surface area contributed by atoms with Crippen molar-refractivity contribution in [2.75, 3.05) is 6.54 Å². The number of hydrogen-bond donors (Lipinski definition) is 0. The van der Waals surface area contributed by atoms with Crippen LogP contribution in [0.4, 0.5) is 0 Å². The Balaban J connectivity index is 1.58. The van der Waals surface area contributed by atoms with E-state index in [1.54, 1.807) is 4.90 Å². The van der Waals surface area contributed by atoms with Gasteiger partial charge in [0.2, 0.25) is 0 Å². The van der Waals surface area contributed by atoms with Gasteiger partial charge in [0.1, 0.15) is 16.9 Å². The molecule has 0 spiro atoms. The van der Waals surface area contributed by atoms with Gasteiger partial charge in [0.25, 0.3) is 5.91 Å². The van der Waals surface area contributed by atoms with Crippen molar-refractivity contribution in [3.8, 4) is 0 Å². The summed E-state index contributed by atoms with van der Waals surface area (Å²) in [5.74, 6) is 1.09. The topological polar surface area (TPSA) is 59.8 Å². The van der Waals surface area contributed by atoms with Gasteiger partial charge < -0.3 is 14.1 Å². The Morgan fingerprint density at radius 1 is 1.17 bits per heavy atom. The minimum Gasteiger partial charge on any atom is -0.481 e. The van der Waals surface area contributed by atoms with Crippen molar-refractivity contribution in [2.24, 2.45) is 5.92 Å². The highest BCUT2D eigenvalue weighted by Gasteiger charge is 2.34. The van der Waals surface area contributed by atoms with Crippen LogP contribution in [-0.4, -0.2) is 28.7 Å². The third kappa shape index (κ3) is 4.72. The van der Waals surface area contributed by atoms with Gasteiger partial charge in [-0.15, -0.1) is 0 Å². The lowest BCUT2D eigenvalue weighted by atomic mass is 9.89. The number of para-hydroxylation sites is 1. The van der Waals surface area contributed by atoms with E-state index in [1.165, 1.54) is 25.3 Å². The molecule has 0 atom stereocenters. The van der Waals surface area contributed by atoms with Crippen LogP contribution in [0, 0.1) is 5.92 Å². The van der Waals surface area contributed by atoms with Crippen LogP contribution in [0.3, 0.4) is 0 Å². The maximum absolute atomic E-state index is 13.4. The molecule has 4 rings (SSSR count). The molecule has 1 aromatic heterocycles. The smallest absolute Gasteiger partial charge is 0.289 e. The standard InChI is InChI=1S/C24H29NO4/c1-24(2)14-19(26)13-22(29-24)23(27)25(15-17-8-4-3-5-9-17)16-20-12-18-10-6-7-11-21(18)28-20/h6-7,10-13,17H,3-5,8-9,14-16H2,1-2H3. The summed E-state index contributed by atoms with van der Waals surface area (Å²) in [6.07, 6.45) is 7.60. The molecule has 154 valence electrons. The summed E-state index contributed by atoms with van der Waals surface area (Å²) in [6.45, 7) is 4.72. The fraction of sp³-hybridized carbons (Fsp3) is 0.500. The molecule has 29 heavy (non-hydrogen) atoms. The Hall–Kier alpha value is -2.56. The minimum absolute atomic E-state index is 0.0639. The first-order valence-corrected chi connectivity index (χ1v) is 10.6. The van der Waals surface area contributed by atoms with Crippen LogP contribution in [0.2, 0.25) is 0 Å². The van der Waals surface area contributed by atoms with Crippen LogP contribution in [0.5, 0.6) is 0 Å². The number of carbonyl (C=O) groups is 2. The molecule has 0 bridgehead atoms. The minimum atomic E-state index is -0.660. The van der Waals surface area contributed by atoms with E-state index in [4.69, 9.17) is 9.15 Å². The molecule has 1 aliphatic carbocycles. The zero-order valence-electron chi connectivity index (χ0n) is 17.3. The molecule has 1 fully saturated rings. The molecular weight excluding hydrogens is 366 g/mol. The van der Waals surface area contributed by atoms with Crippen LogP contribution in [0.1, 0.15) is 58.1 Å². The van der Waals surface area contributed by atoms with Gasteiger partial charge in [0, 0.05) is 24.4 Å². The van der Waals surface area contributed by atoms with Crippen molar-refractivity contribution in [1.82, 2.24) is 4.90 Å². The third-order valence-corrected chi connectivity index (χ3v) is 5.80. The number of benzene rings is 1. The summed E-state index contributed by atoms with van der Waals surface area (Å²) < 4.78 is 11.9.